The van der Waals surface area contributed by atoms with Crippen LogP contribution in [0.25, 0.3) is 0 Å². The Balaban J connectivity index is 2.13. The Morgan fingerprint density at radius 3 is 1.62 bits per heavy atom. The molecule has 0 amide bonds. The Bertz CT molecular complexity index is 683. The minimum atomic E-state index is -1.88. The van der Waals surface area contributed by atoms with Crippen LogP contribution in [0.5, 0.6) is 0 Å². The van der Waals surface area contributed by atoms with Gasteiger partial charge in [0, 0.05) is 0 Å². The maximum atomic E-state index is 2.39. The first kappa shape index (κ1) is 14.8. The molecule has 3 rings (SSSR count). The van der Waals surface area contributed by atoms with Crippen molar-refractivity contribution in [3.05, 3.63) is 71.1 Å². The van der Waals surface area contributed by atoms with Gasteiger partial charge < -0.3 is 0 Å². The van der Waals surface area contributed by atoms with Gasteiger partial charge in [-0.05, 0) is 0 Å². The van der Waals surface area contributed by atoms with Crippen LogP contribution in [0.4, 0.5) is 0 Å². The average Bonchev–Trinajstić information content (AvgIpc) is 2.90. The molecule has 3 heteroatoms. The SMILES string of the molecule is Cc1cc[c]([GeH]([c]2ccc(C)cc2)[c]2ccsc2[SiH3])cc1. The van der Waals surface area contributed by atoms with Crippen molar-refractivity contribution in [1.29, 1.82) is 0 Å². The standard InChI is InChI=1S/C18H20GeSSi/c1-13-3-7-15(8-4-13)19(17-11-12-20-18(17)21)16-9-5-14(2)6-10-16/h3-12,19H,1-2,21H3. The van der Waals surface area contributed by atoms with Crippen molar-refractivity contribution in [2.75, 3.05) is 0 Å². The summed E-state index contributed by atoms with van der Waals surface area (Å²) in [6.45, 7) is 4.33. The molecule has 106 valence electrons. The van der Waals surface area contributed by atoms with Crippen LogP contribution in [0, 0.1) is 13.8 Å². The van der Waals surface area contributed by atoms with Crippen LogP contribution in [0.2, 0.25) is 0 Å². The molecule has 0 spiro atoms. The summed E-state index contributed by atoms with van der Waals surface area (Å²) in [5.41, 5.74) is 2.69. The Labute approximate surface area is 138 Å². The van der Waals surface area contributed by atoms with Crippen molar-refractivity contribution in [2.45, 2.75) is 13.8 Å². The molecular weight excluding hydrogens is 349 g/mol. The van der Waals surface area contributed by atoms with E-state index in [-0.39, 0.29) is 0 Å². The van der Waals surface area contributed by atoms with Crippen molar-refractivity contribution in [3.8, 4) is 0 Å². The number of hydrogen-bond acceptors (Lipinski definition) is 1. The summed E-state index contributed by atoms with van der Waals surface area (Å²) in [7, 11) is 1.16. The zero-order chi connectivity index (χ0) is 14.8. The van der Waals surface area contributed by atoms with Gasteiger partial charge in [0.25, 0.3) is 0 Å². The molecule has 0 N–H and O–H groups in total. The molecule has 0 aliphatic heterocycles. The average molecular weight is 369 g/mol. The first-order valence-corrected chi connectivity index (χ1v) is 12.8. The summed E-state index contributed by atoms with van der Waals surface area (Å²) in [6, 6.07) is 20.9. The topological polar surface area (TPSA) is 0 Å². The van der Waals surface area contributed by atoms with E-state index in [1.165, 1.54) is 11.1 Å². The Hall–Kier alpha value is -1.10. The fraction of sp³-hybridized carbons (Fsp3) is 0.111. The van der Waals surface area contributed by atoms with E-state index in [1.807, 2.05) is 11.3 Å². The molecule has 0 atom stereocenters. The fourth-order valence-electron chi connectivity index (χ4n) is 2.76. The summed E-state index contributed by atoms with van der Waals surface area (Å²) >= 11 is 0.0604. The number of hydrogen-bond donors (Lipinski definition) is 0. The van der Waals surface area contributed by atoms with Gasteiger partial charge in [0.2, 0.25) is 0 Å². The summed E-state index contributed by atoms with van der Waals surface area (Å²) in [5.74, 6) is 0. The molecule has 0 unspecified atom stereocenters. The Morgan fingerprint density at radius 2 is 1.24 bits per heavy atom. The molecule has 0 radical (unpaired) electrons. The molecule has 0 saturated heterocycles. The van der Waals surface area contributed by atoms with Gasteiger partial charge >= 0.3 is 139 Å². The molecule has 0 saturated carbocycles. The van der Waals surface area contributed by atoms with E-state index in [4.69, 9.17) is 0 Å². The van der Waals surface area contributed by atoms with Crippen LogP contribution in [-0.4, -0.2) is 24.6 Å². The molecule has 21 heavy (non-hydrogen) atoms. The van der Waals surface area contributed by atoms with Crippen molar-refractivity contribution < 1.29 is 0 Å². The van der Waals surface area contributed by atoms with Crippen LogP contribution in [0.3, 0.4) is 0 Å². The van der Waals surface area contributed by atoms with Crippen LogP contribution in [0.15, 0.2) is 60.0 Å². The minimum absolute atomic E-state index is 1.16. The second-order valence-electron chi connectivity index (χ2n) is 5.69. The van der Waals surface area contributed by atoms with Crippen molar-refractivity contribution in [2.24, 2.45) is 0 Å². The van der Waals surface area contributed by atoms with Crippen LogP contribution >= 0.6 is 11.3 Å². The summed E-state index contributed by atoms with van der Waals surface area (Å²) in [5, 5.41) is 2.28. The van der Waals surface area contributed by atoms with E-state index >= 15 is 0 Å². The second kappa shape index (κ2) is 6.34. The van der Waals surface area contributed by atoms with E-state index < -0.39 is 14.3 Å². The van der Waals surface area contributed by atoms with Gasteiger partial charge in [-0.1, -0.05) is 0 Å². The van der Waals surface area contributed by atoms with E-state index in [0.717, 1.165) is 10.2 Å². The van der Waals surface area contributed by atoms with E-state index in [0.29, 0.717) is 0 Å². The molecule has 0 bridgehead atoms. The normalized spacial score (nSPS) is 11.2. The molecular formula is C18H20GeSSi. The molecule has 3 aromatic rings. The van der Waals surface area contributed by atoms with Gasteiger partial charge in [-0.15, -0.1) is 0 Å². The van der Waals surface area contributed by atoms with Crippen LogP contribution < -0.4 is 17.7 Å². The third kappa shape index (κ3) is 3.23. The molecule has 0 fully saturated rings. The zero-order valence-electron chi connectivity index (χ0n) is 12.8. The van der Waals surface area contributed by atoms with Gasteiger partial charge in [-0.2, -0.15) is 0 Å². The molecule has 0 aliphatic rings. The Morgan fingerprint density at radius 1 is 0.762 bits per heavy atom. The quantitative estimate of drug-likeness (QED) is 0.594. The van der Waals surface area contributed by atoms with E-state index in [9.17, 15) is 0 Å². The predicted molar refractivity (Wildman–Crippen MR) is 102 cm³/mol. The van der Waals surface area contributed by atoms with Crippen LogP contribution in [-0.2, 0) is 0 Å². The third-order valence-corrected chi connectivity index (χ3v) is 14.9. The maximum absolute atomic E-state index is 2.39. The van der Waals surface area contributed by atoms with Gasteiger partial charge in [0.15, 0.2) is 0 Å². The molecule has 2 aromatic carbocycles. The van der Waals surface area contributed by atoms with Crippen LogP contribution in [0.1, 0.15) is 11.1 Å². The van der Waals surface area contributed by atoms with Crippen molar-refractivity contribution in [3.63, 3.8) is 0 Å². The van der Waals surface area contributed by atoms with Crippen molar-refractivity contribution >= 4 is 53.6 Å². The molecule has 0 aliphatic carbocycles. The van der Waals surface area contributed by atoms with E-state index in [1.54, 1.807) is 17.7 Å². The summed E-state index contributed by atoms with van der Waals surface area (Å²) < 4.78 is 6.45. The van der Waals surface area contributed by atoms with Gasteiger partial charge in [0.1, 0.15) is 0 Å². The monoisotopic (exact) mass is 370 g/mol. The zero-order valence-corrected chi connectivity index (χ0v) is 18.0. The third-order valence-electron chi connectivity index (χ3n) is 4.03. The predicted octanol–water partition coefficient (Wildman–Crippen LogP) is 0.604. The summed E-state index contributed by atoms with van der Waals surface area (Å²) in [6.07, 6.45) is 0. The van der Waals surface area contributed by atoms with Gasteiger partial charge in [-0.25, -0.2) is 0 Å². The summed E-state index contributed by atoms with van der Waals surface area (Å²) in [4.78, 5) is 0. The molecule has 1 aromatic heterocycles. The molecule has 0 nitrogen and oxygen atoms in total. The first-order chi connectivity index (χ1) is 10.1. The van der Waals surface area contributed by atoms with Crippen molar-refractivity contribution in [1.82, 2.24) is 0 Å². The molecule has 1 heterocycles. The van der Waals surface area contributed by atoms with E-state index in [2.05, 4.69) is 73.8 Å². The fourth-order valence-corrected chi connectivity index (χ4v) is 13.0. The van der Waals surface area contributed by atoms with Gasteiger partial charge in [-0.3, -0.25) is 0 Å². The number of aryl methyl sites for hydroxylation is 2. The first-order valence-electron chi connectivity index (χ1n) is 7.32. The second-order valence-corrected chi connectivity index (χ2v) is 14.5. The Kier molecular flexibility index (Phi) is 4.48. The number of thiophene rings is 1. The van der Waals surface area contributed by atoms with Gasteiger partial charge in [0.05, 0.1) is 0 Å². The number of rotatable bonds is 3. The number of benzene rings is 2.